The fraction of sp³-hybridized carbons (Fsp3) is 0. The Balaban J connectivity index is -0.00000000167. The predicted molar refractivity (Wildman–Crippen MR) is 27.1 cm³/mol. The molecule has 0 saturated heterocycles. The van der Waals surface area contributed by atoms with E-state index in [0.717, 1.165) is 0 Å². The third-order valence-electron chi connectivity index (χ3n) is 0. The summed E-state index contributed by atoms with van der Waals surface area (Å²) >= 11 is 0. The topological polar surface area (TPSA) is 70.0 Å². The minimum absolute atomic E-state index is 0. The first-order valence-electron chi connectivity index (χ1n) is 0.500. The van der Waals surface area contributed by atoms with Gasteiger partial charge < -0.3 is 12.3 Å². The molecular weight excluding hydrogens is 140 g/mol. The SMILES string of the molecule is C=C.N.N.[Sr+2]. The molecule has 0 bridgehead atoms. The van der Waals surface area contributed by atoms with E-state index in [-0.39, 0.29) is 57.8 Å². The maximum Gasteiger partial charge on any atom is 2.00 e. The predicted octanol–water partition coefficient (Wildman–Crippen LogP) is 0.745. The van der Waals surface area contributed by atoms with Crippen molar-refractivity contribution >= 4 is 45.5 Å². The van der Waals surface area contributed by atoms with Crippen molar-refractivity contribution in [3.63, 3.8) is 0 Å². The van der Waals surface area contributed by atoms with Crippen LogP contribution >= 0.6 is 0 Å². The van der Waals surface area contributed by atoms with Crippen LogP contribution in [0.5, 0.6) is 0 Å². The molecule has 6 N–H and O–H groups in total. The summed E-state index contributed by atoms with van der Waals surface area (Å²) in [5.41, 5.74) is 0. The molecule has 0 unspecified atom stereocenters. The van der Waals surface area contributed by atoms with E-state index in [1.54, 1.807) is 0 Å². The molecule has 0 heterocycles. The maximum absolute atomic E-state index is 3.00. The van der Waals surface area contributed by atoms with E-state index in [1.807, 2.05) is 0 Å². The Morgan fingerprint density at radius 2 is 0.800 bits per heavy atom. The largest absolute Gasteiger partial charge is 2.00 e. The van der Waals surface area contributed by atoms with Gasteiger partial charge in [-0.25, -0.2) is 0 Å². The monoisotopic (exact) mass is 150 g/mol. The molecular formula is C2H10N2Sr+2. The smallest absolute Gasteiger partial charge is 0.344 e. The van der Waals surface area contributed by atoms with E-state index in [1.165, 1.54) is 0 Å². The Labute approximate surface area is 70.1 Å². The average molecular weight is 150 g/mol. The van der Waals surface area contributed by atoms with Crippen LogP contribution in [-0.4, -0.2) is 45.5 Å². The van der Waals surface area contributed by atoms with Crippen molar-refractivity contribution in [2.24, 2.45) is 0 Å². The summed E-state index contributed by atoms with van der Waals surface area (Å²) in [4.78, 5) is 0. The van der Waals surface area contributed by atoms with Crippen LogP contribution < -0.4 is 12.3 Å². The van der Waals surface area contributed by atoms with Crippen molar-refractivity contribution in [3.8, 4) is 0 Å². The molecule has 5 heavy (non-hydrogen) atoms. The summed E-state index contributed by atoms with van der Waals surface area (Å²) in [7, 11) is 0. The van der Waals surface area contributed by atoms with Gasteiger partial charge in [0, 0.05) is 0 Å². The quantitative estimate of drug-likeness (QED) is 0.394. The van der Waals surface area contributed by atoms with Gasteiger partial charge in [0.05, 0.1) is 0 Å². The Kier molecular flexibility index (Phi) is 480. The molecule has 0 amide bonds. The molecule has 0 aliphatic rings. The second kappa shape index (κ2) is 67.8. The fourth-order valence-corrected chi connectivity index (χ4v) is 0. The molecule has 0 aromatic rings. The summed E-state index contributed by atoms with van der Waals surface area (Å²) in [5.74, 6) is 0. The van der Waals surface area contributed by atoms with Crippen molar-refractivity contribution in [3.05, 3.63) is 13.2 Å². The molecule has 0 fully saturated rings. The average Bonchev–Trinajstić information content (AvgIpc) is 1.00. The van der Waals surface area contributed by atoms with Crippen LogP contribution in [0.25, 0.3) is 0 Å². The molecule has 28 valence electrons. The fourth-order valence-electron chi connectivity index (χ4n) is 0. The van der Waals surface area contributed by atoms with E-state index in [4.69, 9.17) is 0 Å². The normalized spacial score (nSPS) is 0.800. The van der Waals surface area contributed by atoms with Gasteiger partial charge in [-0.3, -0.25) is 0 Å². The molecule has 0 aliphatic carbocycles. The van der Waals surface area contributed by atoms with Gasteiger partial charge in [-0.15, -0.1) is 13.2 Å². The first-order valence-corrected chi connectivity index (χ1v) is 0.500. The zero-order chi connectivity index (χ0) is 2.00. The molecule has 0 aliphatic heterocycles. The standard InChI is InChI=1S/C2H4.2H3N.Sr/c1-2;;;/h1-2H2;2*1H3;/q;;;+2. The van der Waals surface area contributed by atoms with Gasteiger partial charge in [0.1, 0.15) is 0 Å². The molecule has 3 heteroatoms. The van der Waals surface area contributed by atoms with Gasteiger partial charge in [0.15, 0.2) is 0 Å². The van der Waals surface area contributed by atoms with Gasteiger partial charge in [-0.05, 0) is 0 Å². The Morgan fingerprint density at radius 1 is 0.800 bits per heavy atom. The molecule has 0 aromatic heterocycles. The Bertz CT molecular complexity index is 7.61. The van der Waals surface area contributed by atoms with E-state index >= 15 is 0 Å². The van der Waals surface area contributed by atoms with Crippen LogP contribution in [0.2, 0.25) is 0 Å². The van der Waals surface area contributed by atoms with E-state index in [2.05, 4.69) is 13.2 Å². The molecule has 0 spiro atoms. The summed E-state index contributed by atoms with van der Waals surface area (Å²) in [6.45, 7) is 6.00. The zero-order valence-corrected chi connectivity index (χ0v) is 7.01. The van der Waals surface area contributed by atoms with Crippen LogP contribution in [0, 0.1) is 0 Å². The first kappa shape index (κ1) is 35.4. The minimum Gasteiger partial charge on any atom is -0.344 e. The summed E-state index contributed by atoms with van der Waals surface area (Å²) in [6.07, 6.45) is 0. The Hall–Kier alpha value is 1.14. The van der Waals surface area contributed by atoms with Crippen molar-refractivity contribution in [2.75, 3.05) is 0 Å². The third kappa shape index (κ3) is 39.0. The second-order valence-corrected chi connectivity index (χ2v) is 0. The molecule has 0 radical (unpaired) electrons. The molecule has 0 atom stereocenters. The summed E-state index contributed by atoms with van der Waals surface area (Å²) in [6, 6.07) is 0. The van der Waals surface area contributed by atoms with Crippen LogP contribution in [0.1, 0.15) is 0 Å². The van der Waals surface area contributed by atoms with E-state index < -0.39 is 0 Å². The van der Waals surface area contributed by atoms with Crippen molar-refractivity contribution in [1.82, 2.24) is 12.3 Å². The van der Waals surface area contributed by atoms with E-state index in [0.29, 0.717) is 0 Å². The van der Waals surface area contributed by atoms with Gasteiger partial charge in [0.2, 0.25) is 0 Å². The zero-order valence-electron chi connectivity index (χ0n) is 3.54. The molecule has 0 rings (SSSR count). The number of rotatable bonds is 0. The minimum atomic E-state index is 0. The van der Waals surface area contributed by atoms with Crippen LogP contribution in [-0.2, 0) is 0 Å². The van der Waals surface area contributed by atoms with Gasteiger partial charge in [-0.1, -0.05) is 0 Å². The number of hydrogen-bond acceptors (Lipinski definition) is 2. The maximum atomic E-state index is 3.00. The van der Waals surface area contributed by atoms with Gasteiger partial charge >= 0.3 is 45.5 Å². The van der Waals surface area contributed by atoms with Crippen molar-refractivity contribution in [1.29, 1.82) is 0 Å². The van der Waals surface area contributed by atoms with Crippen LogP contribution in [0.15, 0.2) is 13.2 Å². The first-order chi connectivity index (χ1) is 1.00. The molecule has 0 saturated carbocycles. The van der Waals surface area contributed by atoms with E-state index in [9.17, 15) is 0 Å². The summed E-state index contributed by atoms with van der Waals surface area (Å²) < 4.78 is 0. The molecule has 2 nitrogen and oxygen atoms in total. The molecule has 0 aromatic carbocycles. The van der Waals surface area contributed by atoms with Gasteiger partial charge in [-0.2, -0.15) is 0 Å². The number of hydrogen-bond donors (Lipinski definition) is 2. The van der Waals surface area contributed by atoms with Crippen molar-refractivity contribution < 1.29 is 0 Å². The van der Waals surface area contributed by atoms with Crippen LogP contribution in [0.4, 0.5) is 0 Å². The van der Waals surface area contributed by atoms with Crippen molar-refractivity contribution in [2.45, 2.75) is 0 Å². The third-order valence-corrected chi connectivity index (χ3v) is 0. The van der Waals surface area contributed by atoms with Gasteiger partial charge in [0.25, 0.3) is 0 Å². The van der Waals surface area contributed by atoms with Crippen LogP contribution in [0.3, 0.4) is 0 Å². The summed E-state index contributed by atoms with van der Waals surface area (Å²) in [5, 5.41) is 0. The Morgan fingerprint density at radius 3 is 0.800 bits per heavy atom. The second-order valence-electron chi connectivity index (χ2n) is 0.